The quantitative estimate of drug-likeness (QED) is 0.687. The third-order valence-electron chi connectivity index (χ3n) is 5.21. The molecular weight excluding hydrogens is 339 g/mol. The Kier molecular flexibility index (Phi) is 6.20. The van der Waals surface area contributed by atoms with Crippen molar-refractivity contribution in [1.29, 1.82) is 0 Å². The normalized spacial score (nSPS) is 14.8. The summed E-state index contributed by atoms with van der Waals surface area (Å²) in [6, 6.07) is 10.5. The van der Waals surface area contributed by atoms with Crippen LogP contribution in [0.15, 0.2) is 30.3 Å². The molecule has 2 nitrogen and oxygen atoms in total. The maximum absolute atomic E-state index is 11.1. The van der Waals surface area contributed by atoms with Crippen LogP contribution in [-0.2, 0) is 17.2 Å². The Hall–Kier alpha value is -1.37. The zero-order valence-corrected chi connectivity index (χ0v) is 18.2. The molecule has 0 aliphatic rings. The Morgan fingerprint density at radius 1 is 0.923 bits per heavy atom. The minimum absolute atomic E-state index is 0.0524. The number of aliphatic hydroxyl groups is 1. The largest absolute Gasteiger partial charge is 0.507 e. The molecule has 2 unspecified atom stereocenters. The summed E-state index contributed by atoms with van der Waals surface area (Å²) in [4.78, 5) is 0. The molecular formula is C23H33O2P. The average Bonchev–Trinajstić information content (AvgIpc) is 2.57. The van der Waals surface area contributed by atoms with Gasteiger partial charge in [-0.3, -0.25) is 0 Å². The van der Waals surface area contributed by atoms with E-state index in [4.69, 9.17) is 0 Å². The van der Waals surface area contributed by atoms with Crippen molar-refractivity contribution in [3.8, 4) is 5.75 Å². The van der Waals surface area contributed by atoms with Gasteiger partial charge in [0.05, 0.1) is 6.61 Å². The molecule has 0 spiro atoms. The molecule has 2 atom stereocenters. The predicted octanol–water partition coefficient (Wildman–Crippen LogP) is 5.43. The van der Waals surface area contributed by atoms with E-state index in [0.29, 0.717) is 14.3 Å². The van der Waals surface area contributed by atoms with Crippen molar-refractivity contribution < 1.29 is 10.2 Å². The number of aromatic hydroxyl groups is 1. The highest BCUT2D eigenvalue weighted by Crippen LogP contribution is 2.50. The predicted molar refractivity (Wildman–Crippen MR) is 114 cm³/mol. The first-order chi connectivity index (χ1) is 12.0. The topological polar surface area (TPSA) is 40.5 Å². The fraction of sp³-hybridized carbons (Fsp3) is 0.478. The van der Waals surface area contributed by atoms with Gasteiger partial charge in [0.2, 0.25) is 0 Å². The van der Waals surface area contributed by atoms with Crippen LogP contribution in [0.5, 0.6) is 5.75 Å². The van der Waals surface area contributed by atoms with Gasteiger partial charge in [-0.25, -0.2) is 0 Å². The average molecular weight is 372 g/mol. The number of phenols is 1. The fourth-order valence-corrected chi connectivity index (χ4v) is 4.96. The van der Waals surface area contributed by atoms with Crippen molar-refractivity contribution >= 4 is 13.9 Å². The summed E-state index contributed by atoms with van der Waals surface area (Å²) < 4.78 is 0. The highest BCUT2D eigenvalue weighted by atomic mass is 31.1. The second-order valence-electron chi connectivity index (χ2n) is 8.59. The number of phenolic OH excluding ortho intramolecular Hbond substituents is 1. The van der Waals surface area contributed by atoms with Gasteiger partial charge in [0.15, 0.2) is 0 Å². The third kappa shape index (κ3) is 4.30. The van der Waals surface area contributed by atoms with E-state index in [0.717, 1.165) is 28.7 Å². The highest BCUT2D eigenvalue weighted by molar-refractivity contribution is 7.48. The van der Waals surface area contributed by atoms with Crippen LogP contribution in [0.1, 0.15) is 68.9 Å². The maximum atomic E-state index is 11.1. The number of rotatable bonds is 5. The van der Waals surface area contributed by atoms with Gasteiger partial charge in [0, 0.05) is 10.7 Å². The molecule has 3 heteroatoms. The molecule has 26 heavy (non-hydrogen) atoms. The Morgan fingerprint density at radius 3 is 2.08 bits per heavy atom. The highest BCUT2D eigenvalue weighted by Gasteiger charge is 2.32. The van der Waals surface area contributed by atoms with Crippen molar-refractivity contribution in [2.75, 3.05) is 0 Å². The first-order valence-corrected chi connectivity index (χ1v) is 10.3. The second kappa shape index (κ2) is 7.71. The van der Waals surface area contributed by atoms with Crippen LogP contribution in [0.4, 0.5) is 0 Å². The number of aryl methyl sites for hydroxylation is 2. The van der Waals surface area contributed by atoms with Gasteiger partial charge in [0.25, 0.3) is 0 Å². The van der Waals surface area contributed by atoms with E-state index in [-0.39, 0.29) is 17.2 Å². The zero-order chi connectivity index (χ0) is 19.7. The van der Waals surface area contributed by atoms with Crippen LogP contribution < -0.4 is 5.30 Å². The first kappa shape index (κ1) is 20.9. The maximum Gasteiger partial charge on any atom is 0.123 e. The van der Waals surface area contributed by atoms with Gasteiger partial charge in [0.1, 0.15) is 5.75 Å². The summed E-state index contributed by atoms with van der Waals surface area (Å²) in [6.45, 7) is 15.0. The van der Waals surface area contributed by atoms with E-state index in [1.54, 1.807) is 0 Å². The lowest BCUT2D eigenvalue weighted by atomic mass is 9.82. The monoisotopic (exact) mass is 372 g/mol. The van der Waals surface area contributed by atoms with Crippen molar-refractivity contribution in [3.05, 3.63) is 58.1 Å². The molecule has 0 bridgehead atoms. The van der Waals surface area contributed by atoms with E-state index < -0.39 is 0 Å². The van der Waals surface area contributed by atoms with Crippen molar-refractivity contribution in [2.24, 2.45) is 0 Å². The summed E-state index contributed by atoms with van der Waals surface area (Å²) in [5.41, 5.74) is 5.25. The molecule has 0 aromatic heterocycles. The molecule has 2 N–H and O–H groups in total. The lowest BCUT2D eigenvalue weighted by molar-refractivity contribution is 0.283. The molecule has 2 rings (SSSR count). The van der Waals surface area contributed by atoms with Gasteiger partial charge in [-0.1, -0.05) is 84.7 Å². The van der Waals surface area contributed by atoms with Crippen LogP contribution in [-0.4, -0.2) is 10.2 Å². The van der Waals surface area contributed by atoms with E-state index in [1.807, 2.05) is 6.92 Å². The Morgan fingerprint density at radius 2 is 1.54 bits per heavy atom. The molecule has 2 aromatic carbocycles. The minimum Gasteiger partial charge on any atom is -0.507 e. The minimum atomic E-state index is -0.171. The van der Waals surface area contributed by atoms with Crippen LogP contribution in [0.2, 0.25) is 0 Å². The number of hydrogen-bond acceptors (Lipinski definition) is 2. The third-order valence-corrected chi connectivity index (χ3v) is 7.14. The standard InChI is InChI=1S/C23H33O2P/c1-8-23(7,26-20-10-9-15(2)11-17(20)14-24)19-13-16(3)12-18(21(19)25)22(4,5)6/h9-13,24-26H,8,14H2,1-7H3. The van der Waals surface area contributed by atoms with E-state index in [2.05, 4.69) is 71.9 Å². The zero-order valence-electron chi connectivity index (χ0n) is 17.2. The van der Waals surface area contributed by atoms with Gasteiger partial charge in [-0.15, -0.1) is 0 Å². The molecule has 2 aromatic rings. The van der Waals surface area contributed by atoms with E-state index >= 15 is 0 Å². The molecule has 0 amide bonds. The van der Waals surface area contributed by atoms with E-state index in [1.165, 1.54) is 10.9 Å². The summed E-state index contributed by atoms with van der Waals surface area (Å²) in [7, 11) is 0.481. The van der Waals surface area contributed by atoms with Crippen LogP contribution in [0, 0.1) is 13.8 Å². The van der Waals surface area contributed by atoms with Gasteiger partial charge in [-0.2, -0.15) is 0 Å². The molecule has 0 aliphatic carbocycles. The molecule has 142 valence electrons. The van der Waals surface area contributed by atoms with Crippen LogP contribution in [0.3, 0.4) is 0 Å². The second-order valence-corrected chi connectivity index (χ2v) is 10.5. The molecule has 0 saturated heterocycles. The van der Waals surface area contributed by atoms with Gasteiger partial charge in [-0.05, 0) is 42.1 Å². The van der Waals surface area contributed by atoms with E-state index in [9.17, 15) is 10.2 Å². The van der Waals surface area contributed by atoms with Crippen molar-refractivity contribution in [1.82, 2.24) is 0 Å². The Bertz CT molecular complexity index is 790. The lowest BCUT2D eigenvalue weighted by Crippen LogP contribution is -2.22. The van der Waals surface area contributed by atoms with Crippen LogP contribution >= 0.6 is 8.58 Å². The summed E-state index contributed by atoms with van der Waals surface area (Å²) >= 11 is 0. The molecule has 0 heterocycles. The molecule has 0 radical (unpaired) electrons. The van der Waals surface area contributed by atoms with Gasteiger partial charge >= 0.3 is 0 Å². The Labute approximate surface area is 160 Å². The van der Waals surface area contributed by atoms with Crippen molar-refractivity contribution in [3.63, 3.8) is 0 Å². The number of benzene rings is 2. The van der Waals surface area contributed by atoms with Gasteiger partial charge < -0.3 is 10.2 Å². The summed E-state index contributed by atoms with van der Waals surface area (Å²) in [5.74, 6) is 0.428. The summed E-state index contributed by atoms with van der Waals surface area (Å²) in [6.07, 6.45) is 0.921. The number of aliphatic hydroxyl groups excluding tert-OH is 1. The number of hydrogen-bond donors (Lipinski definition) is 2. The Balaban J connectivity index is 2.59. The van der Waals surface area contributed by atoms with Crippen molar-refractivity contribution in [2.45, 2.75) is 72.1 Å². The molecule has 0 saturated carbocycles. The first-order valence-electron chi connectivity index (χ1n) is 9.35. The SMILES string of the molecule is CCC(C)(Pc1ccc(C)cc1CO)c1cc(C)cc(C(C)(C)C)c1O. The molecule has 0 aliphatic heterocycles. The summed E-state index contributed by atoms with van der Waals surface area (Å²) in [5, 5.41) is 21.9. The van der Waals surface area contributed by atoms with Crippen LogP contribution in [0.25, 0.3) is 0 Å². The smallest absolute Gasteiger partial charge is 0.123 e. The lowest BCUT2D eigenvalue weighted by Gasteiger charge is -2.33. The molecule has 0 fully saturated rings. The fourth-order valence-electron chi connectivity index (χ4n) is 3.39.